The van der Waals surface area contributed by atoms with Gasteiger partial charge in [-0.25, -0.2) is 9.59 Å². The van der Waals surface area contributed by atoms with E-state index in [2.05, 4.69) is 46.2 Å². The van der Waals surface area contributed by atoms with E-state index < -0.39 is 42.3 Å². The highest BCUT2D eigenvalue weighted by Crippen LogP contribution is 2.30. The number of hydrogen-bond donors (Lipinski definition) is 5. The number of benzene rings is 2. The maximum absolute atomic E-state index is 10.5. The van der Waals surface area contributed by atoms with Gasteiger partial charge in [-0.05, 0) is 23.3 Å². The van der Waals surface area contributed by atoms with Gasteiger partial charge in [0.25, 0.3) is 0 Å². The average Bonchev–Trinajstić information content (AvgIpc) is 2.89. The highest BCUT2D eigenvalue weighted by atomic mass is 35.5. The molecule has 3 rings (SSSR count). The van der Waals surface area contributed by atoms with Crippen LogP contribution in [0.5, 0.6) is 0 Å². The Balaban J connectivity index is 0.000000366. The predicted molar refractivity (Wildman–Crippen MR) is 143 cm³/mol. The third kappa shape index (κ3) is 10.9. The molecular formula is C27H33ClN2O10. The summed E-state index contributed by atoms with van der Waals surface area (Å²) in [6, 6.07) is 18.8. The summed E-state index contributed by atoms with van der Waals surface area (Å²) in [4.78, 5) is 45.8. The fourth-order valence-electron chi connectivity index (χ4n) is 4.21. The van der Waals surface area contributed by atoms with E-state index in [1.54, 1.807) is 0 Å². The maximum Gasteiger partial charge on any atom is 0.336 e. The van der Waals surface area contributed by atoms with Gasteiger partial charge in [0.1, 0.15) is 6.61 Å². The molecular weight excluding hydrogens is 548 g/mol. The van der Waals surface area contributed by atoms with Crippen LogP contribution in [0, 0.1) is 0 Å². The molecule has 1 heterocycles. The number of carboxylic acids is 4. The zero-order valence-corrected chi connectivity index (χ0v) is 22.4. The monoisotopic (exact) mass is 580 g/mol. The van der Waals surface area contributed by atoms with E-state index in [9.17, 15) is 19.2 Å². The summed E-state index contributed by atoms with van der Waals surface area (Å²) in [5, 5.41) is 43.2. The number of nitrogens with zero attached hydrogens (tertiary/aromatic N) is 2. The minimum atomic E-state index is -2.74. The van der Waals surface area contributed by atoms with E-state index in [-0.39, 0.29) is 12.6 Å². The fraction of sp³-hybridized carbons (Fsp3) is 0.407. The SMILES string of the molecule is O=C(O)CC(O)(CC(=O)O)C(=O)O.O=C(O)COCCN1CCN(C(c2ccccc2)c2ccc(Cl)cc2)CC1. The minimum absolute atomic E-state index is 0.203. The molecule has 0 aromatic heterocycles. The Kier molecular flexibility index (Phi) is 13.0. The van der Waals surface area contributed by atoms with Gasteiger partial charge in [-0.3, -0.25) is 19.4 Å². The molecule has 12 nitrogen and oxygen atoms in total. The van der Waals surface area contributed by atoms with Crippen LogP contribution in [0.4, 0.5) is 0 Å². The van der Waals surface area contributed by atoms with Gasteiger partial charge in [0.2, 0.25) is 0 Å². The van der Waals surface area contributed by atoms with E-state index in [0.29, 0.717) is 6.61 Å². The number of aliphatic carboxylic acids is 4. The lowest BCUT2D eigenvalue weighted by molar-refractivity contribution is -0.170. The van der Waals surface area contributed by atoms with Crippen molar-refractivity contribution < 1.29 is 49.4 Å². The van der Waals surface area contributed by atoms with Gasteiger partial charge in [0.15, 0.2) is 5.60 Å². The number of halogens is 1. The normalized spacial score (nSPS) is 14.9. The van der Waals surface area contributed by atoms with Crippen LogP contribution in [0.1, 0.15) is 30.0 Å². The van der Waals surface area contributed by atoms with Crippen molar-refractivity contribution in [1.29, 1.82) is 0 Å². The Morgan fingerprint density at radius 2 is 1.32 bits per heavy atom. The molecule has 1 aliphatic heterocycles. The highest BCUT2D eigenvalue weighted by molar-refractivity contribution is 6.30. The maximum atomic E-state index is 10.5. The Hall–Kier alpha value is -3.55. The molecule has 1 aliphatic rings. The molecule has 1 saturated heterocycles. The second-order valence-corrected chi connectivity index (χ2v) is 9.60. The predicted octanol–water partition coefficient (Wildman–Crippen LogP) is 1.90. The molecule has 2 aromatic carbocycles. The summed E-state index contributed by atoms with van der Waals surface area (Å²) in [5.74, 6) is -5.94. The lowest BCUT2D eigenvalue weighted by Gasteiger charge is -2.39. The first kappa shape index (κ1) is 32.7. The van der Waals surface area contributed by atoms with Gasteiger partial charge >= 0.3 is 23.9 Å². The van der Waals surface area contributed by atoms with Gasteiger partial charge in [0.05, 0.1) is 25.5 Å². The molecule has 13 heteroatoms. The van der Waals surface area contributed by atoms with Gasteiger partial charge in [-0.15, -0.1) is 0 Å². The summed E-state index contributed by atoms with van der Waals surface area (Å²) >= 11 is 6.08. The first-order valence-corrected chi connectivity index (χ1v) is 12.7. The van der Waals surface area contributed by atoms with Crippen molar-refractivity contribution in [3.05, 3.63) is 70.7 Å². The molecule has 0 saturated carbocycles. The van der Waals surface area contributed by atoms with Crippen LogP contribution >= 0.6 is 11.6 Å². The molecule has 40 heavy (non-hydrogen) atoms. The van der Waals surface area contributed by atoms with E-state index >= 15 is 0 Å². The van der Waals surface area contributed by atoms with Crippen LogP contribution in [0.3, 0.4) is 0 Å². The Bertz CT molecular complexity index is 1110. The first-order valence-electron chi connectivity index (χ1n) is 12.4. The number of ether oxygens (including phenoxy) is 1. The van der Waals surface area contributed by atoms with Crippen molar-refractivity contribution >= 4 is 35.5 Å². The molecule has 1 fully saturated rings. The third-order valence-corrected chi connectivity index (χ3v) is 6.39. The lowest BCUT2D eigenvalue weighted by Crippen LogP contribution is -2.48. The van der Waals surface area contributed by atoms with Crippen molar-refractivity contribution in [2.45, 2.75) is 24.5 Å². The van der Waals surface area contributed by atoms with Crippen molar-refractivity contribution in [2.24, 2.45) is 0 Å². The molecule has 0 spiro atoms. The van der Waals surface area contributed by atoms with Gasteiger partial charge in [-0.1, -0.05) is 54.1 Å². The zero-order chi connectivity index (χ0) is 29.7. The molecule has 0 radical (unpaired) electrons. The number of carbonyl (C=O) groups is 4. The quantitative estimate of drug-likeness (QED) is 0.217. The molecule has 0 amide bonds. The van der Waals surface area contributed by atoms with Crippen molar-refractivity contribution in [2.75, 3.05) is 45.9 Å². The largest absolute Gasteiger partial charge is 0.481 e. The summed E-state index contributed by atoms with van der Waals surface area (Å²) < 4.78 is 5.15. The number of hydrogen-bond acceptors (Lipinski definition) is 8. The fourth-order valence-corrected chi connectivity index (χ4v) is 4.33. The molecule has 0 bridgehead atoms. The molecule has 1 atom stereocenters. The Morgan fingerprint density at radius 3 is 1.80 bits per heavy atom. The summed E-state index contributed by atoms with van der Waals surface area (Å²) in [6.45, 7) is 4.75. The Morgan fingerprint density at radius 1 is 0.800 bits per heavy atom. The van der Waals surface area contributed by atoms with Crippen LogP contribution in [0.2, 0.25) is 5.02 Å². The molecule has 1 unspecified atom stereocenters. The van der Waals surface area contributed by atoms with Gasteiger partial charge < -0.3 is 30.3 Å². The number of piperazine rings is 1. The first-order chi connectivity index (χ1) is 18.9. The molecule has 0 aliphatic carbocycles. The summed E-state index contributed by atoms with van der Waals surface area (Å²) in [5.41, 5.74) is -0.223. The van der Waals surface area contributed by atoms with E-state index in [4.69, 9.17) is 41.9 Å². The van der Waals surface area contributed by atoms with E-state index in [1.807, 2.05) is 18.2 Å². The van der Waals surface area contributed by atoms with Crippen molar-refractivity contribution in [1.82, 2.24) is 9.80 Å². The molecule has 218 valence electrons. The second-order valence-electron chi connectivity index (χ2n) is 9.17. The second kappa shape index (κ2) is 15.9. The van der Waals surface area contributed by atoms with E-state index in [0.717, 1.165) is 37.7 Å². The van der Waals surface area contributed by atoms with Crippen LogP contribution in [0.15, 0.2) is 54.6 Å². The average molecular weight is 581 g/mol. The molecule has 2 aromatic rings. The highest BCUT2D eigenvalue weighted by Gasteiger charge is 2.40. The van der Waals surface area contributed by atoms with Crippen LogP contribution in [-0.4, -0.2) is 111 Å². The van der Waals surface area contributed by atoms with Crippen LogP contribution in [-0.2, 0) is 23.9 Å². The Labute approximate surface area is 236 Å². The van der Waals surface area contributed by atoms with Crippen molar-refractivity contribution in [3.8, 4) is 0 Å². The van der Waals surface area contributed by atoms with Gasteiger partial charge in [-0.2, -0.15) is 0 Å². The van der Waals surface area contributed by atoms with E-state index in [1.165, 1.54) is 11.1 Å². The summed E-state index contributed by atoms with van der Waals surface area (Å²) in [7, 11) is 0. The smallest absolute Gasteiger partial charge is 0.336 e. The number of aliphatic hydroxyl groups is 1. The summed E-state index contributed by atoms with van der Waals surface area (Å²) in [6.07, 6.45) is -2.29. The number of carboxylic acid groups (broad SMARTS) is 4. The molecule has 5 N–H and O–H groups in total. The minimum Gasteiger partial charge on any atom is -0.481 e. The van der Waals surface area contributed by atoms with Gasteiger partial charge in [0, 0.05) is 37.7 Å². The number of rotatable bonds is 13. The zero-order valence-electron chi connectivity index (χ0n) is 21.7. The standard InChI is InChI=1S/C21H25ClN2O3.C6H8O7/c22-19-8-6-18(7-9-19)21(17-4-2-1-3-5-17)24-12-10-23(11-13-24)14-15-27-16-20(25)26;7-3(8)1-6(13,5(11)12)2-4(9)10/h1-9,21H,10-16H2,(H,25,26);13H,1-2H2,(H,7,8)(H,9,10)(H,11,12). The topological polar surface area (TPSA) is 185 Å². The van der Waals surface area contributed by atoms with Crippen LogP contribution in [0.25, 0.3) is 0 Å². The van der Waals surface area contributed by atoms with Crippen molar-refractivity contribution in [3.63, 3.8) is 0 Å². The van der Waals surface area contributed by atoms with Crippen LogP contribution < -0.4 is 0 Å². The third-order valence-electron chi connectivity index (χ3n) is 6.14. The lowest BCUT2D eigenvalue weighted by atomic mass is 9.96.